The van der Waals surface area contributed by atoms with E-state index in [0.717, 1.165) is 6.26 Å². The van der Waals surface area contributed by atoms with E-state index in [9.17, 15) is 27.9 Å². The van der Waals surface area contributed by atoms with E-state index in [0.29, 0.717) is 6.08 Å². The van der Waals surface area contributed by atoms with Crippen LogP contribution in [0.3, 0.4) is 0 Å². The highest BCUT2D eigenvalue weighted by Crippen LogP contribution is 2.31. The summed E-state index contributed by atoms with van der Waals surface area (Å²) < 4.78 is 31.9. The van der Waals surface area contributed by atoms with Crippen molar-refractivity contribution in [2.75, 3.05) is 18.6 Å². The van der Waals surface area contributed by atoms with E-state index in [1.807, 2.05) is 0 Å². The van der Waals surface area contributed by atoms with Gasteiger partial charge in [-0.1, -0.05) is 24.3 Å². The van der Waals surface area contributed by atoms with Crippen molar-refractivity contribution in [3.05, 3.63) is 64.6 Å². The summed E-state index contributed by atoms with van der Waals surface area (Å²) in [4.78, 5) is 36.6. The van der Waals surface area contributed by atoms with E-state index in [1.54, 1.807) is 12.1 Å². The number of aliphatic hydroxyl groups excluding tert-OH is 1. The fourth-order valence-corrected chi connectivity index (χ4v) is 2.91. The summed E-state index contributed by atoms with van der Waals surface area (Å²) in [6.45, 7) is -0.373. The molecule has 27 heavy (non-hydrogen) atoms. The molecule has 1 aromatic heterocycles. The van der Waals surface area contributed by atoms with Crippen LogP contribution in [0.25, 0.3) is 5.76 Å². The number of carbonyl (C=O) groups excluding carboxylic acids is 3. The van der Waals surface area contributed by atoms with Gasteiger partial charge in [0.1, 0.15) is 6.61 Å². The molecule has 1 N–H and O–H groups in total. The SMILES string of the molecule is CS(=O)(=O)CCOC(=O)/C=C(\O)c1cc2c(o1)C(=O)c1ccccc1C2=O. The first-order valence-electron chi connectivity index (χ1n) is 7.75. The number of benzene rings is 1. The van der Waals surface area contributed by atoms with Crippen LogP contribution >= 0.6 is 0 Å². The van der Waals surface area contributed by atoms with E-state index in [2.05, 4.69) is 4.74 Å². The maximum Gasteiger partial charge on any atom is 0.334 e. The molecule has 9 heteroatoms. The quantitative estimate of drug-likeness (QED) is 0.395. The Balaban J connectivity index is 1.82. The molecule has 0 amide bonds. The highest BCUT2D eigenvalue weighted by atomic mass is 32.2. The van der Waals surface area contributed by atoms with E-state index >= 15 is 0 Å². The van der Waals surface area contributed by atoms with Crippen molar-refractivity contribution in [2.45, 2.75) is 0 Å². The normalized spacial score (nSPS) is 13.9. The molecule has 0 bridgehead atoms. The average molecular weight is 390 g/mol. The lowest BCUT2D eigenvalue weighted by Gasteiger charge is -2.11. The zero-order chi connectivity index (χ0) is 19.8. The number of ketones is 2. The Morgan fingerprint density at radius 2 is 1.78 bits per heavy atom. The Bertz CT molecular complexity index is 1040. The molecule has 140 valence electrons. The number of esters is 1. The molecule has 0 aliphatic heterocycles. The van der Waals surface area contributed by atoms with E-state index in [4.69, 9.17) is 4.42 Å². The molecule has 1 aliphatic rings. The van der Waals surface area contributed by atoms with Gasteiger partial charge in [-0.25, -0.2) is 13.2 Å². The van der Waals surface area contributed by atoms with Crippen molar-refractivity contribution in [3.8, 4) is 0 Å². The van der Waals surface area contributed by atoms with E-state index < -0.39 is 33.1 Å². The zero-order valence-corrected chi connectivity index (χ0v) is 14.9. The van der Waals surface area contributed by atoms with Crippen LogP contribution in [0.2, 0.25) is 0 Å². The first kappa shape index (κ1) is 18.6. The maximum atomic E-state index is 12.5. The van der Waals surface area contributed by atoms with Gasteiger partial charge in [0.2, 0.25) is 5.78 Å². The summed E-state index contributed by atoms with van der Waals surface area (Å²) in [6.07, 6.45) is 1.67. The molecule has 0 atom stereocenters. The lowest BCUT2D eigenvalue weighted by molar-refractivity contribution is -0.137. The van der Waals surface area contributed by atoms with Crippen LogP contribution in [-0.4, -0.2) is 49.7 Å². The number of fused-ring (bicyclic) bond motifs is 2. The number of rotatable bonds is 5. The lowest BCUT2D eigenvalue weighted by Crippen LogP contribution is -2.18. The van der Waals surface area contributed by atoms with Gasteiger partial charge in [0.05, 0.1) is 17.4 Å². The molecule has 1 aliphatic carbocycles. The predicted molar refractivity (Wildman–Crippen MR) is 93.3 cm³/mol. The third kappa shape index (κ3) is 3.82. The van der Waals surface area contributed by atoms with Crippen LogP contribution in [0.5, 0.6) is 0 Å². The molecular formula is C18H14O8S. The second kappa shape index (κ2) is 6.84. The van der Waals surface area contributed by atoms with Gasteiger partial charge in [0.15, 0.2) is 32.9 Å². The summed E-state index contributed by atoms with van der Waals surface area (Å²) in [6, 6.07) is 7.42. The molecule has 0 fully saturated rings. The number of furan rings is 1. The van der Waals surface area contributed by atoms with Crippen molar-refractivity contribution in [2.24, 2.45) is 0 Å². The molecule has 3 rings (SSSR count). The Labute approximate surface area is 154 Å². The molecule has 0 spiro atoms. The summed E-state index contributed by atoms with van der Waals surface area (Å²) in [5, 5.41) is 10.0. The molecule has 0 saturated heterocycles. The van der Waals surface area contributed by atoms with Crippen molar-refractivity contribution in [1.29, 1.82) is 0 Å². The summed E-state index contributed by atoms with van der Waals surface area (Å²) in [5.41, 5.74) is 0.407. The molecule has 0 saturated carbocycles. The standard InChI is InChI=1S/C18H14O8S/c1-27(23,24)7-6-25-15(20)9-13(19)14-8-12-16(21)10-4-2-3-5-11(10)17(22)18(12)26-14/h2-5,8-9,19H,6-7H2,1H3/b13-9-. The number of ether oxygens (including phenoxy) is 1. The monoisotopic (exact) mass is 390 g/mol. The highest BCUT2D eigenvalue weighted by molar-refractivity contribution is 7.90. The van der Waals surface area contributed by atoms with Crippen LogP contribution in [0.1, 0.15) is 37.8 Å². The van der Waals surface area contributed by atoms with Crippen LogP contribution in [0.4, 0.5) is 0 Å². The number of hydrogen-bond donors (Lipinski definition) is 1. The van der Waals surface area contributed by atoms with Crippen molar-refractivity contribution in [3.63, 3.8) is 0 Å². The minimum atomic E-state index is -3.29. The van der Waals surface area contributed by atoms with E-state index in [1.165, 1.54) is 18.2 Å². The topological polar surface area (TPSA) is 128 Å². The Morgan fingerprint density at radius 3 is 2.41 bits per heavy atom. The largest absolute Gasteiger partial charge is 0.504 e. The van der Waals surface area contributed by atoms with Crippen molar-refractivity contribution >= 4 is 33.1 Å². The third-order valence-electron chi connectivity index (χ3n) is 3.80. The molecule has 8 nitrogen and oxygen atoms in total. The van der Waals surface area contributed by atoms with Crippen molar-refractivity contribution < 1.29 is 37.1 Å². The zero-order valence-electron chi connectivity index (χ0n) is 14.1. The van der Waals surface area contributed by atoms with Crippen LogP contribution in [0, 0.1) is 0 Å². The van der Waals surface area contributed by atoms with Gasteiger partial charge < -0.3 is 14.3 Å². The minimum absolute atomic E-state index is 0.0147. The van der Waals surface area contributed by atoms with Gasteiger partial charge in [-0.2, -0.15) is 0 Å². The summed E-state index contributed by atoms with van der Waals surface area (Å²) >= 11 is 0. The van der Waals surface area contributed by atoms with Gasteiger partial charge >= 0.3 is 5.97 Å². The summed E-state index contributed by atoms with van der Waals surface area (Å²) in [5.74, 6) is -3.42. The molecule has 0 radical (unpaired) electrons. The Morgan fingerprint density at radius 1 is 1.15 bits per heavy atom. The smallest absolute Gasteiger partial charge is 0.334 e. The highest BCUT2D eigenvalue weighted by Gasteiger charge is 2.34. The van der Waals surface area contributed by atoms with Gasteiger partial charge in [-0.05, 0) is 6.07 Å². The second-order valence-corrected chi connectivity index (χ2v) is 8.14. The molecular weight excluding hydrogens is 376 g/mol. The number of aliphatic hydroxyl groups is 1. The predicted octanol–water partition coefficient (Wildman–Crippen LogP) is 1.54. The van der Waals surface area contributed by atoms with Crippen LogP contribution < -0.4 is 0 Å². The third-order valence-corrected chi connectivity index (χ3v) is 4.71. The van der Waals surface area contributed by atoms with Crippen LogP contribution in [-0.2, 0) is 19.4 Å². The molecule has 0 unspecified atom stereocenters. The Kier molecular flexibility index (Phi) is 4.71. The van der Waals surface area contributed by atoms with E-state index in [-0.39, 0.29) is 40.6 Å². The number of sulfone groups is 1. The fraction of sp³-hybridized carbons (Fsp3) is 0.167. The van der Waals surface area contributed by atoms with Gasteiger partial charge in [0.25, 0.3) is 0 Å². The fourth-order valence-electron chi connectivity index (χ4n) is 2.52. The van der Waals surface area contributed by atoms with Gasteiger partial charge in [-0.15, -0.1) is 0 Å². The lowest BCUT2D eigenvalue weighted by atomic mass is 9.88. The van der Waals surface area contributed by atoms with Crippen molar-refractivity contribution in [1.82, 2.24) is 0 Å². The van der Waals surface area contributed by atoms with Crippen LogP contribution in [0.15, 0.2) is 40.8 Å². The average Bonchev–Trinajstić information content (AvgIpc) is 3.04. The first-order chi connectivity index (χ1) is 12.7. The molecule has 1 heterocycles. The maximum absolute atomic E-state index is 12.5. The minimum Gasteiger partial charge on any atom is -0.504 e. The van der Waals surface area contributed by atoms with Gasteiger partial charge in [-0.3, -0.25) is 9.59 Å². The summed E-state index contributed by atoms with van der Waals surface area (Å²) in [7, 11) is -3.29. The van der Waals surface area contributed by atoms with Gasteiger partial charge in [0, 0.05) is 17.4 Å². The number of hydrogen-bond acceptors (Lipinski definition) is 8. The molecule has 2 aromatic rings. The first-order valence-corrected chi connectivity index (χ1v) is 9.81. The number of carbonyl (C=O) groups is 3. The second-order valence-electron chi connectivity index (χ2n) is 5.88. The molecule has 1 aromatic carbocycles. The Hall–Kier alpha value is -3.20.